The summed E-state index contributed by atoms with van der Waals surface area (Å²) in [7, 11) is 0. The Balaban J connectivity index is 2.61. The van der Waals surface area contributed by atoms with Crippen molar-refractivity contribution in [1.82, 2.24) is 15.5 Å². The molecule has 2 rings (SSSR count). The topological polar surface area (TPSA) is 108 Å². The number of nitrogens with zero attached hydrogens (tertiary/aromatic N) is 1. The molecule has 0 fully saturated rings. The first-order chi connectivity index (χ1) is 18.5. The maximum atomic E-state index is 14.5. The molecule has 40 heavy (non-hydrogen) atoms. The number of carbonyl (C=O) groups is 3. The van der Waals surface area contributed by atoms with Crippen LogP contribution in [0.1, 0.15) is 91.0 Å². The number of phenolic OH excluding ortho intramolecular Hbond substituents is 1. The molecule has 0 radical (unpaired) electrons. The van der Waals surface area contributed by atoms with Gasteiger partial charge in [0.25, 0.3) is 0 Å². The van der Waals surface area contributed by atoms with E-state index in [0.717, 1.165) is 24.0 Å². The van der Waals surface area contributed by atoms with Crippen LogP contribution in [0.4, 0.5) is 4.79 Å². The van der Waals surface area contributed by atoms with Gasteiger partial charge in [-0.05, 0) is 85.1 Å². The van der Waals surface area contributed by atoms with E-state index >= 15 is 0 Å². The largest absolute Gasteiger partial charge is 0.508 e. The summed E-state index contributed by atoms with van der Waals surface area (Å²) in [5.74, 6) is -0.605. The molecule has 8 nitrogen and oxygen atoms in total. The van der Waals surface area contributed by atoms with Gasteiger partial charge in [-0.2, -0.15) is 0 Å². The molecule has 0 bridgehead atoms. The van der Waals surface area contributed by atoms with Gasteiger partial charge in [-0.1, -0.05) is 55.3 Å². The lowest BCUT2D eigenvalue weighted by Gasteiger charge is -2.43. The normalized spacial score (nSPS) is 14.0. The first-order valence-electron chi connectivity index (χ1n) is 14.0. The molecule has 220 valence electrons. The molecule has 0 aliphatic heterocycles. The molecule has 0 saturated heterocycles. The van der Waals surface area contributed by atoms with Crippen molar-refractivity contribution in [2.45, 2.75) is 111 Å². The average molecular weight is 554 g/mol. The van der Waals surface area contributed by atoms with Crippen LogP contribution in [0, 0.1) is 6.92 Å². The lowest BCUT2D eigenvalue weighted by atomic mass is 9.93. The van der Waals surface area contributed by atoms with Gasteiger partial charge in [0.15, 0.2) is 0 Å². The predicted octanol–water partition coefficient (Wildman–Crippen LogP) is 5.81. The third-order valence-corrected chi connectivity index (χ3v) is 6.30. The van der Waals surface area contributed by atoms with Gasteiger partial charge in [-0.15, -0.1) is 0 Å². The summed E-state index contributed by atoms with van der Waals surface area (Å²) in [6, 6.07) is 12.0. The van der Waals surface area contributed by atoms with E-state index < -0.39 is 35.2 Å². The van der Waals surface area contributed by atoms with Crippen LogP contribution in [0.25, 0.3) is 0 Å². The summed E-state index contributed by atoms with van der Waals surface area (Å²) in [5, 5.41) is 15.6. The van der Waals surface area contributed by atoms with Crippen molar-refractivity contribution < 1.29 is 24.2 Å². The molecule has 0 aromatic heterocycles. The minimum Gasteiger partial charge on any atom is -0.508 e. The smallest absolute Gasteiger partial charge is 0.408 e. The Labute approximate surface area is 239 Å². The second-order valence-corrected chi connectivity index (χ2v) is 12.5. The fourth-order valence-electron chi connectivity index (χ4n) is 4.62. The van der Waals surface area contributed by atoms with Gasteiger partial charge in [-0.3, -0.25) is 9.59 Å². The maximum absolute atomic E-state index is 14.5. The highest BCUT2D eigenvalue weighted by Gasteiger charge is 2.42. The number of hydrogen-bond donors (Lipinski definition) is 3. The lowest BCUT2D eigenvalue weighted by Crippen LogP contribution is -2.59. The standard InChI is InChI=1S/C32H47N3O5/c1-10-12-22(3)33-28(37)27(24-14-11-13-21(2)19-24)35(31(4,5)6)29(38)26(34-30(39)40-32(7,8)9)20-23-15-17-25(36)18-16-23/h11,13-19,22,26-27,36H,10,12,20H2,1-9H3,(H,33,37)(H,34,39). The Morgan fingerprint density at radius 2 is 1.60 bits per heavy atom. The van der Waals surface area contributed by atoms with Gasteiger partial charge in [0.05, 0.1) is 0 Å². The van der Waals surface area contributed by atoms with E-state index in [2.05, 4.69) is 17.6 Å². The minimum atomic E-state index is -1.04. The number of benzene rings is 2. The van der Waals surface area contributed by atoms with Crippen LogP contribution in [0.3, 0.4) is 0 Å². The Morgan fingerprint density at radius 3 is 2.12 bits per heavy atom. The third kappa shape index (κ3) is 9.88. The second kappa shape index (κ2) is 13.7. The summed E-state index contributed by atoms with van der Waals surface area (Å²) in [6.07, 6.45) is 1.12. The summed E-state index contributed by atoms with van der Waals surface area (Å²) >= 11 is 0. The van der Waals surface area contributed by atoms with Crippen molar-refractivity contribution in [2.24, 2.45) is 0 Å². The Hall–Kier alpha value is -3.55. The van der Waals surface area contributed by atoms with Gasteiger partial charge in [0, 0.05) is 18.0 Å². The molecule has 3 unspecified atom stereocenters. The van der Waals surface area contributed by atoms with Crippen LogP contribution >= 0.6 is 0 Å². The average Bonchev–Trinajstić information content (AvgIpc) is 2.81. The number of hydrogen-bond acceptors (Lipinski definition) is 5. The maximum Gasteiger partial charge on any atom is 0.408 e. The zero-order valence-corrected chi connectivity index (χ0v) is 25.5. The molecule has 8 heteroatoms. The molecule has 2 aromatic carbocycles. The van der Waals surface area contributed by atoms with Crippen molar-refractivity contribution >= 4 is 17.9 Å². The minimum absolute atomic E-state index is 0.0746. The van der Waals surface area contributed by atoms with E-state index in [4.69, 9.17) is 4.74 Å². The lowest BCUT2D eigenvalue weighted by molar-refractivity contribution is -0.148. The zero-order valence-electron chi connectivity index (χ0n) is 25.5. The van der Waals surface area contributed by atoms with Crippen molar-refractivity contribution in [3.8, 4) is 5.75 Å². The molecule has 0 aliphatic rings. The van der Waals surface area contributed by atoms with Crippen LogP contribution in [0.15, 0.2) is 48.5 Å². The number of aryl methyl sites for hydroxylation is 1. The van der Waals surface area contributed by atoms with Crippen LogP contribution in [-0.4, -0.2) is 51.1 Å². The fourth-order valence-corrected chi connectivity index (χ4v) is 4.62. The van der Waals surface area contributed by atoms with E-state index in [1.807, 2.05) is 58.9 Å². The van der Waals surface area contributed by atoms with Crippen LogP contribution in [0.5, 0.6) is 5.75 Å². The molecule has 0 spiro atoms. The molecule has 3 atom stereocenters. The van der Waals surface area contributed by atoms with Gasteiger partial charge < -0.3 is 25.4 Å². The molecular formula is C32H47N3O5. The van der Waals surface area contributed by atoms with Gasteiger partial charge in [-0.25, -0.2) is 4.79 Å². The van der Waals surface area contributed by atoms with Crippen molar-refractivity contribution in [3.63, 3.8) is 0 Å². The monoisotopic (exact) mass is 553 g/mol. The summed E-state index contributed by atoms with van der Waals surface area (Å²) < 4.78 is 5.49. The van der Waals surface area contributed by atoms with E-state index in [-0.39, 0.29) is 24.1 Å². The van der Waals surface area contributed by atoms with Crippen molar-refractivity contribution in [1.29, 1.82) is 0 Å². The number of nitrogens with one attached hydrogen (secondary N) is 2. The third-order valence-electron chi connectivity index (χ3n) is 6.30. The number of phenols is 1. The molecule has 3 amide bonds. The molecule has 0 aliphatic carbocycles. The van der Waals surface area contributed by atoms with E-state index in [0.29, 0.717) is 5.56 Å². The highest BCUT2D eigenvalue weighted by Crippen LogP contribution is 2.31. The number of ether oxygens (including phenoxy) is 1. The molecule has 3 N–H and O–H groups in total. The van der Waals surface area contributed by atoms with E-state index in [9.17, 15) is 19.5 Å². The molecule has 0 saturated carbocycles. The Kier molecular flexibility index (Phi) is 11.2. The molecular weight excluding hydrogens is 506 g/mol. The van der Waals surface area contributed by atoms with E-state index in [1.165, 1.54) is 12.1 Å². The van der Waals surface area contributed by atoms with E-state index in [1.54, 1.807) is 37.8 Å². The molecule has 0 heterocycles. The predicted molar refractivity (Wildman–Crippen MR) is 158 cm³/mol. The summed E-state index contributed by atoms with van der Waals surface area (Å²) in [4.78, 5) is 42.9. The van der Waals surface area contributed by atoms with Crippen molar-refractivity contribution in [2.75, 3.05) is 0 Å². The summed E-state index contributed by atoms with van der Waals surface area (Å²) in [6.45, 7) is 16.8. The van der Waals surface area contributed by atoms with Crippen molar-refractivity contribution in [3.05, 3.63) is 65.2 Å². The first kappa shape index (κ1) is 32.7. The number of carbonyl (C=O) groups excluding carboxylic acids is 3. The number of rotatable bonds is 10. The van der Waals surface area contributed by atoms with Crippen LogP contribution in [-0.2, 0) is 20.7 Å². The van der Waals surface area contributed by atoms with Gasteiger partial charge in [0.1, 0.15) is 23.4 Å². The highest BCUT2D eigenvalue weighted by atomic mass is 16.6. The Morgan fingerprint density at radius 1 is 0.975 bits per heavy atom. The number of aromatic hydroxyl groups is 1. The van der Waals surface area contributed by atoms with Gasteiger partial charge >= 0.3 is 6.09 Å². The quantitative estimate of drug-likeness (QED) is 0.344. The fraction of sp³-hybridized carbons (Fsp3) is 0.531. The number of amides is 3. The van der Waals surface area contributed by atoms with Crippen LogP contribution < -0.4 is 10.6 Å². The van der Waals surface area contributed by atoms with Gasteiger partial charge in [0.2, 0.25) is 11.8 Å². The highest BCUT2D eigenvalue weighted by molar-refractivity contribution is 5.93. The second-order valence-electron chi connectivity index (χ2n) is 12.5. The zero-order chi connectivity index (χ0) is 30.3. The SMILES string of the molecule is CCCC(C)NC(=O)C(c1cccc(C)c1)N(C(=O)C(Cc1ccc(O)cc1)NC(=O)OC(C)(C)C)C(C)(C)C. The van der Waals surface area contributed by atoms with Crippen LogP contribution in [0.2, 0.25) is 0 Å². The molecule has 2 aromatic rings. The Bertz CT molecular complexity index is 1150. The summed E-state index contributed by atoms with van der Waals surface area (Å²) in [5.41, 5.74) is 0.823. The first-order valence-corrected chi connectivity index (χ1v) is 14.0. The number of alkyl carbamates (subject to hydrolysis) is 1.